The van der Waals surface area contributed by atoms with Gasteiger partial charge in [-0.25, -0.2) is 0 Å². The maximum atomic E-state index is 5.34. The molecule has 0 N–H and O–H groups in total. The number of nitrogens with zero attached hydrogens (tertiary/aromatic N) is 3. The Hall–Kier alpha value is -5.43. The number of rotatable bonds is 10. The number of thiophene rings is 1. The number of pyridine rings is 1. The van der Waals surface area contributed by atoms with Gasteiger partial charge in [0.25, 0.3) is 0 Å². The molecular formula is C61H59GeIrN3S-2. The first-order valence-corrected chi connectivity index (χ1v) is 31.6. The number of aromatic nitrogens is 3. The van der Waals surface area contributed by atoms with Crippen LogP contribution in [-0.4, -0.2) is 27.8 Å². The molecule has 0 saturated heterocycles. The first-order chi connectivity index (χ1) is 31.8. The number of imidazole rings is 1. The van der Waals surface area contributed by atoms with E-state index in [0.717, 1.165) is 40.1 Å². The van der Waals surface area contributed by atoms with E-state index in [-0.39, 0.29) is 20.1 Å². The van der Waals surface area contributed by atoms with E-state index in [1.54, 1.807) is 15.7 Å². The average molecular weight is 1130 g/mol. The van der Waals surface area contributed by atoms with Gasteiger partial charge in [0.05, 0.1) is 16.9 Å². The van der Waals surface area contributed by atoms with Crippen LogP contribution in [0.25, 0.3) is 82.5 Å². The largest absolute Gasteiger partial charge is 0.333 e. The van der Waals surface area contributed by atoms with E-state index in [0.29, 0.717) is 17.8 Å². The average Bonchev–Trinajstić information content (AvgIpc) is 3.92. The van der Waals surface area contributed by atoms with Gasteiger partial charge in [0.15, 0.2) is 0 Å². The molecule has 1 radical (unpaired) electrons. The van der Waals surface area contributed by atoms with Crippen molar-refractivity contribution < 1.29 is 20.1 Å². The van der Waals surface area contributed by atoms with Gasteiger partial charge in [-0.3, -0.25) is 16.3 Å². The van der Waals surface area contributed by atoms with Gasteiger partial charge >= 0.3 is 126 Å². The summed E-state index contributed by atoms with van der Waals surface area (Å²) in [7, 11) is 0. The van der Waals surface area contributed by atoms with Crippen LogP contribution in [0.4, 0.5) is 0 Å². The number of para-hydroxylation sites is 2. The van der Waals surface area contributed by atoms with Crippen LogP contribution < -0.4 is 4.40 Å². The van der Waals surface area contributed by atoms with Crippen molar-refractivity contribution in [3.05, 3.63) is 192 Å². The third kappa shape index (κ3) is 10.2. The van der Waals surface area contributed by atoms with Crippen molar-refractivity contribution in [2.24, 2.45) is 5.92 Å². The Kier molecular flexibility index (Phi) is 14.7. The second kappa shape index (κ2) is 20.4. The van der Waals surface area contributed by atoms with Crippen LogP contribution in [0.3, 0.4) is 0 Å². The molecule has 0 amide bonds. The molecule has 0 aliphatic heterocycles. The summed E-state index contributed by atoms with van der Waals surface area (Å²) in [6, 6.07) is 59.8. The van der Waals surface area contributed by atoms with Crippen molar-refractivity contribution in [1.29, 1.82) is 0 Å². The molecule has 0 saturated carbocycles. The molecule has 10 aromatic rings. The molecule has 0 aliphatic rings. The van der Waals surface area contributed by atoms with Gasteiger partial charge in [0, 0.05) is 25.8 Å². The molecule has 3 aromatic heterocycles. The van der Waals surface area contributed by atoms with E-state index >= 15 is 0 Å². The molecule has 0 spiro atoms. The Morgan fingerprint density at radius 3 is 1.97 bits per heavy atom. The van der Waals surface area contributed by atoms with Crippen LogP contribution in [0, 0.1) is 17.4 Å². The number of benzene rings is 7. The second-order valence-electron chi connectivity index (χ2n) is 19.6. The number of hydrogen-bond donors (Lipinski definition) is 0. The first-order valence-electron chi connectivity index (χ1n) is 23.5. The van der Waals surface area contributed by atoms with E-state index < -0.39 is 13.3 Å². The van der Waals surface area contributed by atoms with Crippen molar-refractivity contribution in [2.75, 3.05) is 0 Å². The second-order valence-corrected chi connectivity index (χ2v) is 31.1. The van der Waals surface area contributed by atoms with Crippen molar-refractivity contribution >= 4 is 60.9 Å². The quantitative estimate of drug-likeness (QED) is 0.101. The molecular weight excluding hydrogens is 1070 g/mol. The summed E-state index contributed by atoms with van der Waals surface area (Å²) >= 11 is -0.187. The van der Waals surface area contributed by atoms with Crippen LogP contribution in [0.1, 0.15) is 70.1 Å². The molecule has 339 valence electrons. The van der Waals surface area contributed by atoms with Gasteiger partial charge in [-0.1, -0.05) is 140 Å². The summed E-state index contributed by atoms with van der Waals surface area (Å²) in [5.74, 6) is 9.56. The topological polar surface area (TPSA) is 30.7 Å². The molecule has 7 aromatic carbocycles. The maximum Gasteiger partial charge on any atom is 0.0774 e. The van der Waals surface area contributed by atoms with Crippen LogP contribution in [0.15, 0.2) is 164 Å². The van der Waals surface area contributed by atoms with E-state index in [1.165, 1.54) is 65.5 Å². The molecule has 0 fully saturated rings. The summed E-state index contributed by atoms with van der Waals surface area (Å²) < 4.78 is 5.18. The molecule has 0 aliphatic carbocycles. The van der Waals surface area contributed by atoms with Gasteiger partial charge in [-0.15, -0.1) is 5.39 Å². The minimum atomic E-state index is -1.86. The summed E-state index contributed by atoms with van der Waals surface area (Å²) in [4.78, 5) is 10.0. The Morgan fingerprint density at radius 2 is 1.28 bits per heavy atom. The van der Waals surface area contributed by atoms with Crippen molar-refractivity contribution in [3.63, 3.8) is 0 Å². The SMILES string of the molecule is CC(C)Cc1cc(-c2[c-]cccc2)nc[c]1[Ge]([CH3])([CH3])[CH3].CC(C)c1cc(-c2ccccc2)cc(C(C)C)c1-n1c(-c2[c-]sc3ccc(-c4ccc5ccccc5c4)cc23)nc2ccccc21.[Ir]. The molecule has 6 heteroatoms. The van der Waals surface area contributed by atoms with Gasteiger partial charge in [0.1, 0.15) is 0 Å². The predicted octanol–water partition coefficient (Wildman–Crippen LogP) is 16.7. The van der Waals surface area contributed by atoms with Crippen molar-refractivity contribution in [1.82, 2.24) is 14.5 Å². The van der Waals surface area contributed by atoms with Crippen molar-refractivity contribution in [3.8, 4) is 50.6 Å². The summed E-state index contributed by atoms with van der Waals surface area (Å²) in [5.41, 5.74) is 15.6. The van der Waals surface area contributed by atoms with E-state index in [4.69, 9.17) is 9.97 Å². The minimum absolute atomic E-state index is 0. The first kappa shape index (κ1) is 48.0. The summed E-state index contributed by atoms with van der Waals surface area (Å²) in [6.45, 7) is 13.8. The maximum absolute atomic E-state index is 5.34. The van der Waals surface area contributed by atoms with Crippen LogP contribution in [-0.2, 0) is 26.5 Å². The molecule has 0 bridgehead atoms. The van der Waals surface area contributed by atoms with Crippen LogP contribution in [0.2, 0.25) is 17.3 Å². The molecule has 0 unspecified atom stereocenters. The van der Waals surface area contributed by atoms with Gasteiger partial charge in [-0.05, 0) is 86.3 Å². The summed E-state index contributed by atoms with van der Waals surface area (Å²) in [5, 5.41) is 7.39. The fourth-order valence-corrected chi connectivity index (χ4v) is 13.4. The van der Waals surface area contributed by atoms with E-state index in [2.05, 4.69) is 221 Å². The molecule has 3 heterocycles. The molecule has 0 atom stereocenters. The van der Waals surface area contributed by atoms with E-state index in [1.807, 2.05) is 18.2 Å². The normalized spacial score (nSPS) is 11.7. The number of fused-ring (bicyclic) bond motifs is 3. The monoisotopic (exact) mass is 1130 g/mol. The Morgan fingerprint density at radius 1 is 0.627 bits per heavy atom. The third-order valence-electron chi connectivity index (χ3n) is 12.5. The fraction of sp³-hybridized carbons (Fsp3) is 0.213. The Labute approximate surface area is 418 Å². The zero-order chi connectivity index (χ0) is 46.1. The van der Waals surface area contributed by atoms with Gasteiger partial charge in [-0.2, -0.15) is 0 Å². The number of hydrogen-bond acceptors (Lipinski definition) is 3. The Balaban J connectivity index is 0.000000244. The Bertz CT molecular complexity index is 3280. The zero-order valence-corrected chi connectivity index (χ0v) is 45.4. The van der Waals surface area contributed by atoms with Gasteiger partial charge in [0.2, 0.25) is 0 Å². The van der Waals surface area contributed by atoms with Gasteiger partial charge < -0.3 is 4.57 Å². The summed E-state index contributed by atoms with van der Waals surface area (Å²) in [6.07, 6.45) is 3.27. The third-order valence-corrected chi connectivity index (χ3v) is 17.8. The predicted molar refractivity (Wildman–Crippen MR) is 287 cm³/mol. The zero-order valence-electron chi connectivity index (χ0n) is 40.1. The standard InChI is InChI=1S/C43H35N2S.C18H24GeN.Ir/c1-27(2)35-24-34(29-12-6-5-7-13-29)25-36(28(3)4)42(35)45-40-17-11-10-16-39(40)44-43(45)38-26-46-41-21-20-33(23-37(38)41)32-19-18-30-14-8-9-15-31(30)22-32;1-14(2)11-16-12-18(15-9-7-6-8-10-15)20-13-17(16)19(3,4)5;/h5-25,27-28H,1-4H3;6-9,12-14H,11H2,1-5H3;/q2*-1;. The smallest absolute Gasteiger partial charge is 0.0774 e. The van der Waals surface area contributed by atoms with Crippen LogP contribution >= 0.6 is 11.3 Å². The minimum Gasteiger partial charge on any atom is -0.333 e. The molecule has 67 heavy (non-hydrogen) atoms. The molecule has 3 nitrogen and oxygen atoms in total. The molecule has 10 rings (SSSR count). The van der Waals surface area contributed by atoms with Crippen LogP contribution in [0.5, 0.6) is 0 Å². The van der Waals surface area contributed by atoms with Crippen molar-refractivity contribution in [2.45, 2.75) is 77.1 Å². The fourth-order valence-electron chi connectivity index (χ4n) is 9.21. The van der Waals surface area contributed by atoms with E-state index in [9.17, 15) is 0 Å².